The van der Waals surface area contributed by atoms with E-state index >= 15 is 0 Å². The van der Waals surface area contributed by atoms with Crippen LogP contribution in [0.15, 0.2) is 36.4 Å². The molecule has 0 saturated carbocycles. The Hall–Kier alpha value is -2.54. The minimum absolute atomic E-state index is 0.0708. The summed E-state index contributed by atoms with van der Waals surface area (Å²) in [5.41, 5.74) is 4.05. The Labute approximate surface area is 179 Å². The maximum Gasteiger partial charge on any atom is 0.267 e. The molecule has 1 aliphatic rings. The summed E-state index contributed by atoms with van der Waals surface area (Å²) >= 11 is 0. The molecule has 1 unspecified atom stereocenters. The predicted molar refractivity (Wildman–Crippen MR) is 121 cm³/mol. The van der Waals surface area contributed by atoms with Gasteiger partial charge in [0, 0.05) is 5.69 Å². The van der Waals surface area contributed by atoms with E-state index in [4.69, 9.17) is 4.74 Å². The second kappa shape index (κ2) is 7.95. The number of nitrogens with one attached hydrogen (secondary N) is 1. The van der Waals surface area contributed by atoms with Crippen molar-refractivity contribution in [3.05, 3.63) is 53.1 Å². The molecule has 2 aromatic rings. The normalized spacial score (nSPS) is 16.6. The fourth-order valence-electron chi connectivity index (χ4n) is 3.57. The van der Waals surface area contributed by atoms with E-state index in [1.807, 2.05) is 44.2 Å². The van der Waals surface area contributed by atoms with E-state index in [2.05, 4.69) is 26.1 Å². The number of hydrogen-bond acceptors (Lipinski definition) is 4. The van der Waals surface area contributed by atoms with E-state index in [1.165, 1.54) is 4.31 Å². The maximum atomic E-state index is 13.0. The van der Waals surface area contributed by atoms with Crippen molar-refractivity contribution < 1.29 is 17.9 Å². The molecule has 1 amide bonds. The van der Waals surface area contributed by atoms with Gasteiger partial charge in [0.1, 0.15) is 5.75 Å². The summed E-state index contributed by atoms with van der Waals surface area (Å²) in [5.74, 6) is 0.0264. The highest BCUT2D eigenvalue weighted by Gasteiger charge is 2.36. The monoisotopic (exact) mass is 430 g/mol. The van der Waals surface area contributed by atoms with Gasteiger partial charge in [0.25, 0.3) is 5.91 Å². The van der Waals surface area contributed by atoms with Crippen LogP contribution in [0.2, 0.25) is 0 Å². The molecule has 0 aromatic heterocycles. The molecule has 1 N–H and O–H groups in total. The van der Waals surface area contributed by atoms with Gasteiger partial charge in [-0.2, -0.15) is 0 Å². The lowest BCUT2D eigenvalue weighted by Gasteiger charge is -2.35. The van der Waals surface area contributed by atoms with Crippen LogP contribution in [0.1, 0.15) is 44.4 Å². The summed E-state index contributed by atoms with van der Waals surface area (Å²) in [4.78, 5) is 13.0. The quantitative estimate of drug-likeness (QED) is 0.795. The third kappa shape index (κ3) is 4.46. The fraction of sp³-hybridized carbons (Fsp3) is 0.435. The van der Waals surface area contributed by atoms with Crippen molar-refractivity contribution in [2.24, 2.45) is 0 Å². The Balaban J connectivity index is 1.96. The lowest BCUT2D eigenvalue weighted by molar-refractivity contribution is -0.122. The van der Waals surface area contributed by atoms with Crippen LogP contribution in [0, 0.1) is 6.92 Å². The topological polar surface area (TPSA) is 75.7 Å². The first-order valence-corrected chi connectivity index (χ1v) is 11.9. The SMILES string of the molecule is CCc1cccc(C)c1NC(=O)C1CN(S(C)(=O)=O)c2cc(C(C)(C)C)ccc2O1. The van der Waals surface area contributed by atoms with Crippen LogP contribution in [0.4, 0.5) is 11.4 Å². The number of anilines is 2. The molecule has 1 atom stereocenters. The van der Waals surface area contributed by atoms with E-state index in [9.17, 15) is 13.2 Å². The van der Waals surface area contributed by atoms with Gasteiger partial charge in [-0.15, -0.1) is 0 Å². The molecule has 6 nitrogen and oxygen atoms in total. The number of fused-ring (bicyclic) bond motifs is 1. The number of carbonyl (C=O) groups excluding carboxylic acids is 1. The van der Waals surface area contributed by atoms with Crippen LogP contribution >= 0.6 is 0 Å². The standard InChI is InChI=1S/C23H30N2O4S/c1-7-16-10-8-9-15(2)21(16)24-22(26)20-14-25(30(6,27)28)18-13-17(23(3,4)5)11-12-19(18)29-20/h8-13,20H,7,14H2,1-6H3,(H,24,26). The molecule has 3 rings (SSSR count). The number of para-hydroxylation sites is 1. The molecule has 0 radical (unpaired) electrons. The van der Waals surface area contributed by atoms with Crippen molar-refractivity contribution in [1.82, 2.24) is 0 Å². The number of nitrogens with zero attached hydrogens (tertiary/aromatic N) is 1. The summed E-state index contributed by atoms with van der Waals surface area (Å²) in [6.07, 6.45) is 0.977. The summed E-state index contributed by atoms with van der Waals surface area (Å²) in [5, 5.41) is 2.95. The summed E-state index contributed by atoms with van der Waals surface area (Å²) < 4.78 is 32.3. The minimum Gasteiger partial charge on any atom is -0.476 e. The number of carbonyl (C=O) groups is 1. The maximum absolute atomic E-state index is 13.0. The molecule has 0 aliphatic carbocycles. The molecule has 162 valence electrons. The third-order valence-corrected chi connectivity index (χ3v) is 6.52. The molecule has 0 spiro atoms. The van der Waals surface area contributed by atoms with E-state index in [0.29, 0.717) is 11.4 Å². The fourth-order valence-corrected chi connectivity index (χ4v) is 4.48. The number of ether oxygens (including phenoxy) is 1. The largest absolute Gasteiger partial charge is 0.476 e. The van der Waals surface area contributed by atoms with Crippen LogP contribution in [0.25, 0.3) is 0 Å². The summed E-state index contributed by atoms with van der Waals surface area (Å²) in [6.45, 7) is 10.1. The number of aryl methyl sites for hydroxylation is 2. The lowest BCUT2D eigenvalue weighted by Crippen LogP contribution is -2.48. The number of benzene rings is 2. The molecule has 30 heavy (non-hydrogen) atoms. The first-order valence-electron chi connectivity index (χ1n) is 10.1. The Bertz CT molecular complexity index is 1070. The van der Waals surface area contributed by atoms with Gasteiger partial charge in [-0.25, -0.2) is 8.42 Å². The Morgan fingerprint density at radius 1 is 1.23 bits per heavy atom. The minimum atomic E-state index is -3.59. The van der Waals surface area contributed by atoms with Gasteiger partial charge in [-0.1, -0.05) is 52.0 Å². The molecule has 2 aromatic carbocycles. The smallest absolute Gasteiger partial charge is 0.267 e. The summed E-state index contributed by atoms with van der Waals surface area (Å²) in [6, 6.07) is 11.4. The zero-order chi connectivity index (χ0) is 22.3. The van der Waals surface area contributed by atoms with Gasteiger partial charge < -0.3 is 10.1 Å². The second-order valence-corrected chi connectivity index (χ2v) is 10.7. The molecule has 1 aliphatic heterocycles. The first kappa shape index (κ1) is 22.2. The molecular formula is C23H30N2O4S. The van der Waals surface area contributed by atoms with Crippen LogP contribution < -0.4 is 14.4 Å². The number of amides is 1. The average molecular weight is 431 g/mol. The van der Waals surface area contributed by atoms with E-state index in [1.54, 1.807) is 6.07 Å². The Morgan fingerprint density at radius 3 is 2.53 bits per heavy atom. The van der Waals surface area contributed by atoms with Crippen LogP contribution in [-0.2, 0) is 26.7 Å². The Kier molecular flexibility index (Phi) is 5.87. The predicted octanol–water partition coefficient (Wildman–Crippen LogP) is 4.02. The van der Waals surface area contributed by atoms with Gasteiger partial charge >= 0.3 is 0 Å². The van der Waals surface area contributed by atoms with Gasteiger partial charge in [-0.3, -0.25) is 9.10 Å². The second-order valence-electron chi connectivity index (χ2n) is 8.78. The average Bonchev–Trinajstić information content (AvgIpc) is 2.66. The highest BCUT2D eigenvalue weighted by atomic mass is 32.2. The van der Waals surface area contributed by atoms with Gasteiger partial charge in [0.05, 0.1) is 18.5 Å². The molecule has 0 bridgehead atoms. The van der Waals surface area contributed by atoms with Crippen LogP contribution in [0.5, 0.6) is 5.75 Å². The van der Waals surface area contributed by atoms with E-state index < -0.39 is 16.1 Å². The highest BCUT2D eigenvalue weighted by molar-refractivity contribution is 7.92. The van der Waals surface area contributed by atoms with Crippen molar-refractivity contribution in [2.45, 2.75) is 52.6 Å². The van der Waals surface area contributed by atoms with E-state index in [0.717, 1.165) is 35.1 Å². The lowest BCUT2D eigenvalue weighted by atomic mass is 9.86. The van der Waals surface area contributed by atoms with Gasteiger partial charge in [-0.05, 0) is 47.6 Å². The highest BCUT2D eigenvalue weighted by Crippen LogP contribution is 2.38. The van der Waals surface area contributed by atoms with Crippen molar-refractivity contribution in [3.8, 4) is 5.75 Å². The van der Waals surface area contributed by atoms with Crippen molar-refractivity contribution in [1.29, 1.82) is 0 Å². The number of rotatable bonds is 4. The van der Waals surface area contributed by atoms with Crippen molar-refractivity contribution in [3.63, 3.8) is 0 Å². The van der Waals surface area contributed by atoms with Crippen molar-refractivity contribution >= 4 is 27.3 Å². The third-order valence-electron chi connectivity index (χ3n) is 5.38. The van der Waals surface area contributed by atoms with Gasteiger partial charge in [0.2, 0.25) is 10.0 Å². The molecule has 1 heterocycles. The number of sulfonamides is 1. The molecule has 0 fully saturated rings. The van der Waals surface area contributed by atoms with Crippen molar-refractivity contribution in [2.75, 3.05) is 22.4 Å². The van der Waals surface area contributed by atoms with Gasteiger partial charge in [0.15, 0.2) is 6.10 Å². The molecule has 7 heteroatoms. The zero-order valence-electron chi connectivity index (χ0n) is 18.4. The molecular weight excluding hydrogens is 400 g/mol. The Morgan fingerprint density at radius 2 is 1.93 bits per heavy atom. The molecule has 0 saturated heterocycles. The first-order chi connectivity index (χ1) is 13.9. The summed E-state index contributed by atoms with van der Waals surface area (Å²) in [7, 11) is -3.59. The zero-order valence-corrected chi connectivity index (χ0v) is 19.3. The van der Waals surface area contributed by atoms with Crippen LogP contribution in [0.3, 0.4) is 0 Å². The number of hydrogen-bond donors (Lipinski definition) is 1. The van der Waals surface area contributed by atoms with Crippen LogP contribution in [-0.4, -0.2) is 33.2 Å². The van der Waals surface area contributed by atoms with E-state index in [-0.39, 0.29) is 17.9 Å².